The van der Waals surface area contributed by atoms with Crippen LogP contribution in [0.1, 0.15) is 61.3 Å². The van der Waals surface area contributed by atoms with Crippen molar-refractivity contribution in [2.45, 2.75) is 91.1 Å². The Labute approximate surface area is 177 Å². The van der Waals surface area contributed by atoms with Crippen LogP contribution in [0.5, 0.6) is 0 Å². The van der Waals surface area contributed by atoms with Crippen molar-refractivity contribution in [3.05, 3.63) is 0 Å². The Balaban J connectivity index is 2.91. The molecular weight excluding hydrogens is 390 g/mol. The molecule has 1 rings (SSSR count). The third-order valence-corrected chi connectivity index (χ3v) is 10.5. The summed E-state index contributed by atoms with van der Waals surface area (Å²) in [6, 6.07) is 0. The molecule has 0 aromatic carbocycles. The van der Waals surface area contributed by atoms with E-state index >= 15 is 0 Å². The lowest BCUT2D eigenvalue weighted by Gasteiger charge is -2.44. The van der Waals surface area contributed by atoms with E-state index in [-0.39, 0.29) is 18.3 Å². The van der Waals surface area contributed by atoms with E-state index in [1.165, 1.54) is 0 Å². The Hall–Kier alpha value is -1.12. The predicted octanol–water partition coefficient (Wildman–Crippen LogP) is 3.95. The van der Waals surface area contributed by atoms with Crippen molar-refractivity contribution < 1.29 is 28.6 Å². The number of aliphatic hydroxyl groups is 1. The van der Waals surface area contributed by atoms with Crippen LogP contribution >= 0.6 is 0 Å². The fourth-order valence-corrected chi connectivity index (χ4v) is 4.03. The fraction of sp³-hybridized carbons (Fsp3) is 0.905. The molecule has 0 bridgehead atoms. The van der Waals surface area contributed by atoms with Crippen molar-refractivity contribution in [3.8, 4) is 0 Å². The lowest BCUT2D eigenvalue weighted by Crippen LogP contribution is -2.55. The van der Waals surface area contributed by atoms with Crippen molar-refractivity contribution in [2.24, 2.45) is 5.41 Å². The number of carbonyl (C=O) groups is 2. The summed E-state index contributed by atoms with van der Waals surface area (Å²) < 4.78 is 16.9. The molecule has 0 aliphatic carbocycles. The Morgan fingerprint density at radius 1 is 1.10 bits per heavy atom. The van der Waals surface area contributed by atoms with Gasteiger partial charge < -0.3 is 23.9 Å². The molecule has 29 heavy (non-hydrogen) atoms. The number of likely N-dealkylation sites (tertiary alicyclic amines) is 1. The van der Waals surface area contributed by atoms with Gasteiger partial charge in [0.15, 0.2) is 8.32 Å². The van der Waals surface area contributed by atoms with Gasteiger partial charge in [-0.2, -0.15) is 0 Å². The molecule has 8 heteroatoms. The quantitative estimate of drug-likeness (QED) is 0.506. The molecule has 1 heterocycles. The lowest BCUT2D eigenvalue weighted by atomic mass is 9.74. The van der Waals surface area contributed by atoms with Crippen LogP contribution in [0.4, 0.5) is 4.79 Å². The summed E-state index contributed by atoms with van der Waals surface area (Å²) in [4.78, 5) is 26.8. The van der Waals surface area contributed by atoms with Gasteiger partial charge in [0.05, 0.1) is 24.7 Å². The van der Waals surface area contributed by atoms with Crippen LogP contribution in [-0.2, 0) is 18.7 Å². The molecule has 0 aromatic heterocycles. The van der Waals surface area contributed by atoms with E-state index in [2.05, 4.69) is 33.9 Å². The van der Waals surface area contributed by atoms with Gasteiger partial charge in [-0.1, -0.05) is 20.8 Å². The van der Waals surface area contributed by atoms with Gasteiger partial charge in [-0.05, 0) is 58.7 Å². The molecule has 0 radical (unpaired) electrons. The second kappa shape index (κ2) is 9.35. The van der Waals surface area contributed by atoms with E-state index in [1.807, 2.05) is 20.8 Å². The van der Waals surface area contributed by atoms with Crippen molar-refractivity contribution >= 4 is 20.4 Å². The Morgan fingerprint density at radius 2 is 1.62 bits per heavy atom. The normalized spacial score (nSPS) is 18.9. The van der Waals surface area contributed by atoms with E-state index < -0.39 is 37.5 Å². The molecule has 1 aliphatic rings. The third-order valence-electron chi connectivity index (χ3n) is 6.04. The van der Waals surface area contributed by atoms with Crippen molar-refractivity contribution in [1.29, 1.82) is 0 Å². The number of piperidine rings is 1. The summed E-state index contributed by atoms with van der Waals surface area (Å²) in [6.07, 6.45) is -0.765. The molecule has 1 N–H and O–H groups in total. The zero-order valence-corrected chi connectivity index (χ0v) is 20.8. The highest BCUT2D eigenvalue weighted by molar-refractivity contribution is 6.74. The number of rotatable bonds is 6. The van der Waals surface area contributed by atoms with Crippen LogP contribution in [0.2, 0.25) is 18.1 Å². The number of ether oxygens (including phenoxy) is 2. The lowest BCUT2D eigenvalue weighted by molar-refractivity contribution is -0.170. The summed E-state index contributed by atoms with van der Waals surface area (Å²) in [7, 11) is -2.07. The first-order valence-corrected chi connectivity index (χ1v) is 13.4. The van der Waals surface area contributed by atoms with Gasteiger partial charge in [0.2, 0.25) is 0 Å². The molecule has 1 amide bonds. The summed E-state index contributed by atoms with van der Waals surface area (Å²) in [5.74, 6) is -0.421. The first kappa shape index (κ1) is 25.9. The number of hydrogen-bond acceptors (Lipinski definition) is 6. The maximum atomic E-state index is 12.8. The number of esters is 1. The van der Waals surface area contributed by atoms with Crippen molar-refractivity contribution in [3.63, 3.8) is 0 Å². The van der Waals surface area contributed by atoms with Crippen LogP contribution in [0.3, 0.4) is 0 Å². The second-order valence-corrected chi connectivity index (χ2v) is 15.2. The smallest absolute Gasteiger partial charge is 0.410 e. The van der Waals surface area contributed by atoms with E-state index in [9.17, 15) is 14.7 Å². The van der Waals surface area contributed by atoms with E-state index in [0.29, 0.717) is 25.9 Å². The van der Waals surface area contributed by atoms with Gasteiger partial charge in [-0.25, -0.2) is 4.79 Å². The number of aliphatic hydroxyl groups excluding tert-OH is 1. The van der Waals surface area contributed by atoms with Crippen LogP contribution in [-0.4, -0.2) is 68.4 Å². The molecule has 0 saturated carbocycles. The standard InChI is InChI=1S/C21H41NO6Si/c1-10-26-17(24)21(16(23)15-27-29(8,9)20(5,6)7)11-13-22(14-12-21)18(25)28-19(2,3)4/h16,23H,10-15H2,1-9H3. The molecule has 0 aromatic rings. The minimum atomic E-state index is -2.07. The highest BCUT2D eigenvalue weighted by atomic mass is 28.4. The third kappa shape index (κ3) is 6.69. The molecule has 1 saturated heterocycles. The number of amides is 1. The Kier molecular flexibility index (Phi) is 8.35. The average Bonchev–Trinajstić information content (AvgIpc) is 2.57. The molecule has 7 nitrogen and oxygen atoms in total. The van der Waals surface area contributed by atoms with E-state index in [0.717, 1.165) is 0 Å². The van der Waals surface area contributed by atoms with E-state index in [4.69, 9.17) is 13.9 Å². The van der Waals surface area contributed by atoms with Gasteiger partial charge in [-0.3, -0.25) is 4.79 Å². The molecule has 1 atom stereocenters. The number of nitrogens with zero attached hydrogens (tertiary/aromatic N) is 1. The zero-order valence-electron chi connectivity index (χ0n) is 19.8. The van der Waals surface area contributed by atoms with Crippen molar-refractivity contribution in [1.82, 2.24) is 4.90 Å². The van der Waals surface area contributed by atoms with Crippen LogP contribution < -0.4 is 0 Å². The highest BCUT2D eigenvalue weighted by Crippen LogP contribution is 2.40. The average molecular weight is 432 g/mol. The second-order valence-electron chi connectivity index (χ2n) is 10.4. The molecule has 170 valence electrons. The predicted molar refractivity (Wildman–Crippen MR) is 115 cm³/mol. The topological polar surface area (TPSA) is 85.3 Å². The molecule has 1 aliphatic heterocycles. The van der Waals surface area contributed by atoms with Gasteiger partial charge in [0.1, 0.15) is 5.60 Å². The van der Waals surface area contributed by atoms with Crippen molar-refractivity contribution in [2.75, 3.05) is 26.3 Å². The monoisotopic (exact) mass is 431 g/mol. The molecule has 1 fully saturated rings. The summed E-state index contributed by atoms with van der Waals surface area (Å²) in [6.45, 7) is 18.8. The summed E-state index contributed by atoms with van der Waals surface area (Å²) in [5, 5.41) is 11.0. The Bertz CT molecular complexity index is 571. The van der Waals surface area contributed by atoms with Gasteiger partial charge in [0.25, 0.3) is 0 Å². The van der Waals surface area contributed by atoms with Crippen LogP contribution in [0.15, 0.2) is 0 Å². The molecule has 0 spiro atoms. The maximum Gasteiger partial charge on any atom is 0.410 e. The Morgan fingerprint density at radius 3 is 2.03 bits per heavy atom. The van der Waals surface area contributed by atoms with Gasteiger partial charge in [-0.15, -0.1) is 0 Å². The minimum absolute atomic E-state index is 0.00386. The minimum Gasteiger partial charge on any atom is -0.465 e. The van der Waals surface area contributed by atoms with E-state index in [1.54, 1.807) is 11.8 Å². The maximum absolute atomic E-state index is 12.8. The highest BCUT2D eigenvalue weighted by Gasteiger charge is 2.50. The largest absolute Gasteiger partial charge is 0.465 e. The van der Waals surface area contributed by atoms with Crippen LogP contribution in [0, 0.1) is 5.41 Å². The summed E-state index contributed by atoms with van der Waals surface area (Å²) >= 11 is 0. The van der Waals surface area contributed by atoms with Crippen LogP contribution in [0.25, 0.3) is 0 Å². The van der Waals surface area contributed by atoms with Gasteiger partial charge in [0, 0.05) is 13.1 Å². The molecule has 1 unspecified atom stereocenters. The van der Waals surface area contributed by atoms with Gasteiger partial charge >= 0.3 is 12.1 Å². The number of carbonyl (C=O) groups excluding carboxylic acids is 2. The number of hydrogen-bond donors (Lipinski definition) is 1. The zero-order chi connectivity index (χ0) is 22.7. The first-order valence-electron chi connectivity index (χ1n) is 10.5. The molecular formula is C21H41NO6Si. The SMILES string of the molecule is CCOC(=O)C1(C(O)CO[Si](C)(C)C(C)(C)C)CCN(C(=O)OC(C)(C)C)CC1. The summed E-state index contributed by atoms with van der Waals surface area (Å²) in [5.41, 5.74) is -1.65. The fourth-order valence-electron chi connectivity index (χ4n) is 3.03. The first-order chi connectivity index (χ1) is 13.1.